The smallest absolute Gasteiger partial charge is 0.261 e. The summed E-state index contributed by atoms with van der Waals surface area (Å²) in [5.41, 5.74) is 8.56. The van der Waals surface area contributed by atoms with E-state index in [1.165, 1.54) is 25.3 Å². The second-order valence-corrected chi connectivity index (χ2v) is 9.96. The van der Waals surface area contributed by atoms with Crippen molar-refractivity contribution in [2.24, 2.45) is 5.73 Å². The van der Waals surface area contributed by atoms with Crippen molar-refractivity contribution in [2.45, 2.75) is 32.6 Å². The van der Waals surface area contributed by atoms with Gasteiger partial charge in [-0.15, -0.1) is 0 Å². The van der Waals surface area contributed by atoms with Gasteiger partial charge in [0.25, 0.3) is 15.9 Å². The van der Waals surface area contributed by atoms with Gasteiger partial charge in [-0.3, -0.25) is 9.52 Å². The highest BCUT2D eigenvalue weighted by Gasteiger charge is 2.19. The predicted molar refractivity (Wildman–Crippen MR) is 137 cm³/mol. The number of carbonyl (C=O) groups is 1. The predicted octanol–water partition coefficient (Wildman–Crippen LogP) is 3.60. The van der Waals surface area contributed by atoms with Gasteiger partial charge in [0.15, 0.2) is 5.82 Å². The van der Waals surface area contributed by atoms with Crippen molar-refractivity contribution in [3.05, 3.63) is 76.9 Å². The van der Waals surface area contributed by atoms with Gasteiger partial charge in [-0.2, -0.15) is 10.1 Å². The number of benzene rings is 2. The molecule has 2 aromatic heterocycles. The van der Waals surface area contributed by atoms with Crippen molar-refractivity contribution in [1.82, 2.24) is 19.7 Å². The van der Waals surface area contributed by atoms with Crippen LogP contribution >= 0.6 is 0 Å². The third kappa shape index (κ3) is 5.38. The number of ether oxygens (including phenoxy) is 2. The van der Waals surface area contributed by atoms with E-state index in [9.17, 15) is 13.2 Å². The number of nitrogens with zero attached hydrogens (tertiary/aromatic N) is 4. The average Bonchev–Trinajstić information content (AvgIpc) is 3.11. The molecule has 12 heteroatoms. The van der Waals surface area contributed by atoms with Crippen LogP contribution in [-0.2, 0) is 10.0 Å². The molecule has 2 heterocycles. The van der Waals surface area contributed by atoms with Crippen molar-refractivity contribution >= 4 is 21.6 Å². The summed E-state index contributed by atoms with van der Waals surface area (Å²) < 4.78 is 40.9. The Hall–Kier alpha value is -4.45. The summed E-state index contributed by atoms with van der Waals surface area (Å²) in [5, 5.41) is 4.54. The number of primary amides is 1. The summed E-state index contributed by atoms with van der Waals surface area (Å²) in [6, 6.07) is 11.8. The van der Waals surface area contributed by atoms with Gasteiger partial charge in [0, 0.05) is 17.4 Å². The first kappa shape index (κ1) is 25.6. The molecule has 0 bridgehead atoms. The molecule has 3 N–H and O–H groups in total. The summed E-state index contributed by atoms with van der Waals surface area (Å²) in [4.78, 5) is 20.3. The molecular weight excluding hydrogens is 496 g/mol. The van der Waals surface area contributed by atoms with Gasteiger partial charge in [-0.1, -0.05) is 0 Å². The van der Waals surface area contributed by atoms with Crippen LogP contribution in [0.5, 0.6) is 17.4 Å². The summed E-state index contributed by atoms with van der Waals surface area (Å²) in [6.45, 7) is 7.66. The fraction of sp³-hybridized carbons (Fsp3) is 0.200. The molecule has 0 saturated carbocycles. The molecular formula is C25H26N6O5S. The zero-order chi connectivity index (χ0) is 26.9. The molecule has 0 aliphatic rings. The molecule has 11 nitrogen and oxygen atoms in total. The van der Waals surface area contributed by atoms with Crippen molar-refractivity contribution in [3.63, 3.8) is 0 Å². The van der Waals surface area contributed by atoms with Crippen LogP contribution in [0.4, 0.5) is 5.69 Å². The quantitative estimate of drug-likeness (QED) is 0.356. The number of amides is 1. The van der Waals surface area contributed by atoms with E-state index in [0.717, 1.165) is 17.0 Å². The van der Waals surface area contributed by atoms with Gasteiger partial charge in [-0.05, 0) is 75.7 Å². The van der Waals surface area contributed by atoms with Crippen LogP contribution in [0.15, 0.2) is 53.4 Å². The number of hydrogen-bond donors (Lipinski definition) is 2. The minimum Gasteiger partial charge on any atom is -0.496 e. The van der Waals surface area contributed by atoms with E-state index >= 15 is 0 Å². The monoisotopic (exact) mass is 522 g/mol. The Balaban J connectivity index is 1.53. The van der Waals surface area contributed by atoms with E-state index in [0.29, 0.717) is 29.0 Å². The number of sulfonamides is 1. The van der Waals surface area contributed by atoms with Crippen LogP contribution in [0.1, 0.15) is 33.1 Å². The molecule has 0 saturated heterocycles. The van der Waals surface area contributed by atoms with Crippen LogP contribution < -0.4 is 19.9 Å². The van der Waals surface area contributed by atoms with Crippen molar-refractivity contribution in [2.75, 3.05) is 11.8 Å². The lowest BCUT2D eigenvalue weighted by atomic mass is 10.2. The first-order chi connectivity index (χ1) is 17.5. The van der Waals surface area contributed by atoms with Crippen LogP contribution in [0.25, 0.3) is 5.82 Å². The van der Waals surface area contributed by atoms with E-state index in [1.807, 2.05) is 20.8 Å². The highest BCUT2D eigenvalue weighted by Crippen LogP contribution is 2.27. The van der Waals surface area contributed by atoms with Crippen LogP contribution in [0.2, 0.25) is 0 Å². The standard InChI is InChI=1S/C25H26N6O5S/c1-14-15(2)29-31(16(14)3)23-13-24(28-17(4)27-23)36-19-8-6-18(7-9-19)30-37(33,34)20-10-11-22(35-5)21(12-20)25(26)32/h6-13,30H,1-5H3,(H2,26,32). The minimum absolute atomic E-state index is 0.0377. The Morgan fingerprint density at radius 1 is 1.00 bits per heavy atom. The van der Waals surface area contributed by atoms with Gasteiger partial charge < -0.3 is 15.2 Å². The van der Waals surface area contributed by atoms with Crippen LogP contribution in [-0.4, -0.2) is 41.2 Å². The average molecular weight is 523 g/mol. The van der Waals surface area contributed by atoms with E-state index < -0.39 is 15.9 Å². The van der Waals surface area contributed by atoms with Gasteiger partial charge in [0.1, 0.15) is 17.3 Å². The molecule has 0 radical (unpaired) electrons. The lowest BCUT2D eigenvalue weighted by molar-refractivity contribution is 0.0997. The Bertz CT molecular complexity index is 1600. The fourth-order valence-corrected chi connectivity index (χ4v) is 4.69. The van der Waals surface area contributed by atoms with Gasteiger partial charge >= 0.3 is 0 Å². The second kappa shape index (κ2) is 9.90. The summed E-state index contributed by atoms with van der Waals surface area (Å²) in [5.74, 6) is 1.23. The first-order valence-electron chi connectivity index (χ1n) is 11.2. The molecule has 2 aromatic carbocycles. The molecule has 0 aliphatic heterocycles. The summed E-state index contributed by atoms with van der Waals surface area (Å²) in [7, 11) is -2.64. The van der Waals surface area contributed by atoms with Gasteiger partial charge in [0.05, 0.1) is 23.3 Å². The minimum atomic E-state index is -4.00. The Kier molecular flexibility index (Phi) is 6.86. The number of aromatic nitrogens is 4. The number of nitrogens with one attached hydrogen (secondary N) is 1. The number of hydrogen-bond acceptors (Lipinski definition) is 8. The molecule has 0 atom stereocenters. The molecule has 0 unspecified atom stereocenters. The van der Waals surface area contributed by atoms with Crippen LogP contribution in [0.3, 0.4) is 0 Å². The highest BCUT2D eigenvalue weighted by molar-refractivity contribution is 7.92. The van der Waals surface area contributed by atoms with E-state index in [-0.39, 0.29) is 16.2 Å². The molecule has 37 heavy (non-hydrogen) atoms. The topological polar surface area (TPSA) is 151 Å². The second-order valence-electron chi connectivity index (χ2n) is 8.28. The Morgan fingerprint density at radius 3 is 2.30 bits per heavy atom. The first-order valence-corrected chi connectivity index (χ1v) is 12.6. The lowest BCUT2D eigenvalue weighted by Gasteiger charge is -2.12. The number of methoxy groups -OCH3 is 1. The van der Waals surface area contributed by atoms with Crippen molar-refractivity contribution in [3.8, 4) is 23.2 Å². The number of anilines is 1. The lowest BCUT2D eigenvalue weighted by Crippen LogP contribution is -2.16. The van der Waals surface area contributed by atoms with Crippen LogP contribution in [0, 0.1) is 27.7 Å². The SMILES string of the molecule is COc1ccc(S(=O)(=O)Nc2ccc(Oc3cc(-n4nc(C)c(C)c4C)nc(C)n3)cc2)cc1C(N)=O. The largest absolute Gasteiger partial charge is 0.496 e. The number of rotatable bonds is 8. The molecule has 0 aliphatic carbocycles. The van der Waals surface area contributed by atoms with Gasteiger partial charge in [-0.25, -0.2) is 18.1 Å². The normalized spacial score (nSPS) is 11.3. The number of carbonyl (C=O) groups excluding carboxylic acids is 1. The number of aryl methyl sites for hydroxylation is 2. The molecule has 4 rings (SSSR count). The van der Waals surface area contributed by atoms with Crippen molar-refractivity contribution < 1.29 is 22.7 Å². The van der Waals surface area contributed by atoms with E-state index in [1.54, 1.807) is 41.9 Å². The van der Waals surface area contributed by atoms with E-state index in [2.05, 4.69) is 19.8 Å². The fourth-order valence-electron chi connectivity index (χ4n) is 3.60. The Labute approximate surface area is 214 Å². The maximum atomic E-state index is 12.9. The molecule has 192 valence electrons. The molecule has 4 aromatic rings. The third-order valence-corrected chi connectivity index (χ3v) is 7.13. The molecule has 0 spiro atoms. The summed E-state index contributed by atoms with van der Waals surface area (Å²) in [6.07, 6.45) is 0. The van der Waals surface area contributed by atoms with E-state index in [4.69, 9.17) is 15.2 Å². The van der Waals surface area contributed by atoms with Gasteiger partial charge in [0.2, 0.25) is 5.88 Å². The van der Waals surface area contributed by atoms with Crippen molar-refractivity contribution in [1.29, 1.82) is 0 Å². The summed E-state index contributed by atoms with van der Waals surface area (Å²) >= 11 is 0. The zero-order valence-electron chi connectivity index (χ0n) is 20.9. The number of nitrogens with two attached hydrogens (primary N) is 1. The highest BCUT2D eigenvalue weighted by atomic mass is 32.2. The zero-order valence-corrected chi connectivity index (χ0v) is 21.8. The maximum Gasteiger partial charge on any atom is 0.261 e. The molecule has 0 fully saturated rings. The molecule has 1 amide bonds. The Morgan fingerprint density at radius 2 is 1.70 bits per heavy atom. The third-order valence-electron chi connectivity index (χ3n) is 5.75. The maximum absolute atomic E-state index is 12.9.